The molecule has 0 unspecified atom stereocenters. The summed E-state index contributed by atoms with van der Waals surface area (Å²) in [6.07, 6.45) is 6.91. The number of thiophene rings is 1. The smallest absolute Gasteiger partial charge is 0.283 e. The number of benzene rings is 1. The molecule has 10 nitrogen and oxygen atoms in total. The fourth-order valence-electron chi connectivity index (χ4n) is 4.84. The summed E-state index contributed by atoms with van der Waals surface area (Å²) in [5.74, 6) is 1.65. The van der Waals surface area contributed by atoms with Crippen molar-refractivity contribution in [1.29, 1.82) is 0 Å². The van der Waals surface area contributed by atoms with Crippen molar-refractivity contribution < 1.29 is 28.5 Å². The van der Waals surface area contributed by atoms with Crippen molar-refractivity contribution >= 4 is 33.7 Å². The number of aryl methyl sites for hydroxylation is 1. The van der Waals surface area contributed by atoms with Crippen LogP contribution < -0.4 is 24.4 Å². The van der Waals surface area contributed by atoms with Gasteiger partial charge in [-0.05, 0) is 37.1 Å². The van der Waals surface area contributed by atoms with Crippen LogP contribution in [0.2, 0.25) is 0 Å². The zero-order valence-corrected chi connectivity index (χ0v) is 23.3. The Morgan fingerprint density at radius 3 is 2.56 bits per heavy atom. The van der Waals surface area contributed by atoms with Crippen molar-refractivity contribution in [3.63, 3.8) is 0 Å². The van der Waals surface area contributed by atoms with Crippen molar-refractivity contribution in [3.8, 4) is 28.7 Å². The molecule has 5 rings (SSSR count). The van der Waals surface area contributed by atoms with Crippen molar-refractivity contribution in [2.24, 2.45) is 5.10 Å². The van der Waals surface area contributed by atoms with Crippen LogP contribution in [0.25, 0.3) is 15.9 Å². The lowest BCUT2D eigenvalue weighted by atomic mass is 10.00. The minimum absolute atomic E-state index is 0.0671. The number of methoxy groups -OCH3 is 3. The third-order valence-corrected chi connectivity index (χ3v) is 7.42. The van der Waals surface area contributed by atoms with E-state index in [1.807, 2.05) is 42.1 Å². The van der Waals surface area contributed by atoms with Gasteiger partial charge in [-0.3, -0.25) is 4.79 Å². The van der Waals surface area contributed by atoms with Crippen LogP contribution in [0.1, 0.15) is 45.4 Å². The first-order chi connectivity index (χ1) is 19.0. The fraction of sp³-hybridized carbons (Fsp3) is 0.321. The van der Waals surface area contributed by atoms with Crippen molar-refractivity contribution in [2.75, 3.05) is 28.1 Å². The first-order valence-corrected chi connectivity index (χ1v) is 13.3. The van der Waals surface area contributed by atoms with E-state index in [9.17, 15) is 4.79 Å². The summed E-state index contributed by atoms with van der Waals surface area (Å²) in [6.45, 7) is 4.46. The van der Waals surface area contributed by atoms with Crippen LogP contribution >= 0.6 is 11.3 Å². The number of fused-ring (bicyclic) bond motifs is 2. The van der Waals surface area contributed by atoms with Gasteiger partial charge >= 0.3 is 0 Å². The van der Waals surface area contributed by atoms with Gasteiger partial charge in [0.15, 0.2) is 11.5 Å². The second-order valence-electron chi connectivity index (χ2n) is 8.88. The number of nitrogens with zero attached hydrogens (tertiary/aromatic N) is 3. The maximum atomic E-state index is 13.6. The Labute approximate surface area is 230 Å². The number of carbonyl (C=O) groups is 1. The summed E-state index contributed by atoms with van der Waals surface area (Å²) in [5.41, 5.74) is 6.77. The van der Waals surface area contributed by atoms with Crippen LogP contribution in [-0.4, -0.2) is 49.8 Å². The molecule has 0 atom stereocenters. The summed E-state index contributed by atoms with van der Waals surface area (Å²) in [5, 5.41) is 5.21. The zero-order valence-electron chi connectivity index (χ0n) is 22.5. The summed E-state index contributed by atoms with van der Waals surface area (Å²) in [7, 11) is 4.80. The van der Waals surface area contributed by atoms with Gasteiger partial charge in [0.05, 0.1) is 32.7 Å². The topological polar surface area (TPSA) is 105 Å². The first-order valence-electron chi connectivity index (χ1n) is 12.5. The standard InChI is InChI=1S/C28H30N4O6S/c1-6-9-18-19(23(36-5)25-24(22(18)35-4)37-15-38-25)13-29-31-27(33)26-21(32-10-7-8-11-32)20-17(14-34-3)12-16(2)30-28(20)39-26/h7-8,10-13H,6,9,14-15H2,1-5H3,(H,31,33)/b29-13-. The molecule has 0 spiro atoms. The Balaban J connectivity index is 1.56. The normalized spacial score (nSPS) is 12.4. The van der Waals surface area contributed by atoms with Crippen LogP contribution in [-0.2, 0) is 17.8 Å². The lowest BCUT2D eigenvalue weighted by Crippen LogP contribution is -2.18. The van der Waals surface area contributed by atoms with Crippen LogP contribution in [0.4, 0.5) is 0 Å². The first kappa shape index (κ1) is 26.5. The Hall–Kier alpha value is -4.09. The van der Waals surface area contributed by atoms with Gasteiger partial charge in [-0.1, -0.05) is 13.3 Å². The van der Waals surface area contributed by atoms with E-state index in [0.29, 0.717) is 46.5 Å². The van der Waals surface area contributed by atoms with E-state index >= 15 is 0 Å². The minimum Gasteiger partial charge on any atom is -0.492 e. The van der Waals surface area contributed by atoms with E-state index in [0.717, 1.165) is 39.1 Å². The predicted molar refractivity (Wildman–Crippen MR) is 149 cm³/mol. The number of amides is 1. The van der Waals surface area contributed by atoms with Crippen molar-refractivity contribution in [3.05, 3.63) is 57.9 Å². The molecule has 3 aromatic heterocycles. The molecule has 1 amide bonds. The molecule has 1 N–H and O–H groups in total. The monoisotopic (exact) mass is 550 g/mol. The summed E-state index contributed by atoms with van der Waals surface area (Å²) in [4.78, 5) is 19.5. The van der Waals surface area contributed by atoms with Crippen molar-refractivity contribution in [1.82, 2.24) is 15.0 Å². The summed E-state index contributed by atoms with van der Waals surface area (Å²) in [6, 6.07) is 5.81. The molecule has 11 heteroatoms. The van der Waals surface area contributed by atoms with Crippen LogP contribution in [0, 0.1) is 6.92 Å². The van der Waals surface area contributed by atoms with Gasteiger partial charge in [-0.2, -0.15) is 5.10 Å². The number of pyridine rings is 1. The maximum absolute atomic E-state index is 13.6. The van der Waals surface area contributed by atoms with E-state index in [1.165, 1.54) is 11.3 Å². The molecule has 0 bridgehead atoms. The van der Waals surface area contributed by atoms with Gasteiger partial charge in [-0.25, -0.2) is 10.4 Å². The number of ether oxygens (including phenoxy) is 5. The molecule has 204 valence electrons. The molecule has 1 aliphatic heterocycles. The Morgan fingerprint density at radius 1 is 1.18 bits per heavy atom. The van der Waals surface area contributed by atoms with Gasteiger partial charge in [0.1, 0.15) is 9.71 Å². The highest BCUT2D eigenvalue weighted by molar-refractivity contribution is 7.21. The average Bonchev–Trinajstić information content (AvgIpc) is 3.68. The Bertz CT molecular complexity index is 1540. The van der Waals surface area contributed by atoms with Crippen molar-refractivity contribution in [2.45, 2.75) is 33.3 Å². The molecule has 0 aliphatic carbocycles. The van der Waals surface area contributed by atoms with Gasteiger partial charge in [0, 0.05) is 41.7 Å². The molecule has 0 radical (unpaired) electrons. The number of aromatic nitrogens is 2. The fourth-order valence-corrected chi connectivity index (χ4v) is 6.00. The molecule has 39 heavy (non-hydrogen) atoms. The quantitative estimate of drug-likeness (QED) is 0.219. The molecular formula is C28H30N4O6S. The van der Waals surface area contributed by atoms with Gasteiger partial charge < -0.3 is 28.3 Å². The summed E-state index contributed by atoms with van der Waals surface area (Å²) < 4.78 is 30.1. The SMILES string of the molecule is CCCc1c(/C=N\NC(=O)c2sc3nc(C)cc(COC)c3c2-n2cccc2)c(OC)c2c(c1OC)OCO2. The summed E-state index contributed by atoms with van der Waals surface area (Å²) >= 11 is 1.32. The molecule has 1 aromatic carbocycles. The third kappa shape index (κ3) is 4.79. The van der Waals surface area contributed by atoms with Crippen LogP contribution in [0.5, 0.6) is 23.0 Å². The highest BCUT2D eigenvalue weighted by Crippen LogP contribution is 2.52. The number of nitrogens with one attached hydrogen (secondary N) is 1. The molecule has 4 heterocycles. The molecule has 0 fully saturated rings. The number of hydrogen-bond acceptors (Lipinski definition) is 9. The second kappa shape index (κ2) is 11.3. The number of hydrogen-bond donors (Lipinski definition) is 1. The Kier molecular flexibility index (Phi) is 7.71. The molecule has 1 aliphatic rings. The minimum atomic E-state index is -0.359. The molecular weight excluding hydrogens is 520 g/mol. The second-order valence-corrected chi connectivity index (χ2v) is 9.88. The molecule has 0 saturated heterocycles. The Morgan fingerprint density at radius 2 is 1.90 bits per heavy atom. The van der Waals surface area contributed by atoms with E-state index in [4.69, 9.17) is 28.7 Å². The lowest BCUT2D eigenvalue weighted by Gasteiger charge is -2.17. The lowest BCUT2D eigenvalue weighted by molar-refractivity contribution is 0.0959. The van der Waals surface area contributed by atoms with E-state index in [1.54, 1.807) is 27.5 Å². The predicted octanol–water partition coefficient (Wildman–Crippen LogP) is 5.00. The third-order valence-electron chi connectivity index (χ3n) is 6.35. The molecule has 4 aromatic rings. The maximum Gasteiger partial charge on any atom is 0.283 e. The van der Waals surface area contributed by atoms with Gasteiger partial charge in [0.25, 0.3) is 5.91 Å². The highest BCUT2D eigenvalue weighted by Gasteiger charge is 2.31. The van der Waals surface area contributed by atoms with Crippen LogP contribution in [0.3, 0.4) is 0 Å². The zero-order chi connectivity index (χ0) is 27.5. The van der Waals surface area contributed by atoms with Crippen LogP contribution in [0.15, 0.2) is 35.7 Å². The van der Waals surface area contributed by atoms with Gasteiger partial charge in [0.2, 0.25) is 18.3 Å². The number of carbonyl (C=O) groups excluding carboxylic acids is 1. The average molecular weight is 551 g/mol. The number of hydrazone groups is 1. The van der Waals surface area contributed by atoms with Gasteiger partial charge in [-0.15, -0.1) is 11.3 Å². The van der Waals surface area contributed by atoms with E-state index in [-0.39, 0.29) is 12.7 Å². The van der Waals surface area contributed by atoms with E-state index < -0.39 is 0 Å². The number of rotatable bonds is 10. The van der Waals surface area contributed by atoms with E-state index in [2.05, 4.69) is 17.5 Å². The molecule has 0 saturated carbocycles. The largest absolute Gasteiger partial charge is 0.492 e. The highest BCUT2D eigenvalue weighted by atomic mass is 32.1.